The number of nitrogens with zero attached hydrogens (tertiary/aromatic N) is 1. The number of rotatable bonds is 6. The van der Waals surface area contributed by atoms with Crippen LogP contribution in [-0.4, -0.2) is 17.4 Å². The number of amides is 1. The Hall–Kier alpha value is -2.96. The highest BCUT2D eigenvalue weighted by atomic mass is 19.1. The molecule has 2 N–H and O–H groups in total. The van der Waals surface area contributed by atoms with Gasteiger partial charge in [-0.3, -0.25) is 14.9 Å². The molecule has 0 aromatic heterocycles. The van der Waals surface area contributed by atoms with E-state index in [0.717, 1.165) is 5.56 Å². The van der Waals surface area contributed by atoms with Gasteiger partial charge in [-0.2, -0.15) is 0 Å². The summed E-state index contributed by atoms with van der Waals surface area (Å²) in [6.45, 7) is 4.22. The Kier molecular flexibility index (Phi) is 5.47. The van der Waals surface area contributed by atoms with Gasteiger partial charge in [0.2, 0.25) is 0 Å². The fourth-order valence-corrected chi connectivity index (χ4v) is 2.27. The SMILES string of the molecule is CCNc1ccc(C(=O)NCc2ccc(F)c(C)c2)cc1[N+](=O)[O-]. The highest BCUT2D eigenvalue weighted by Crippen LogP contribution is 2.25. The summed E-state index contributed by atoms with van der Waals surface area (Å²) in [7, 11) is 0. The summed E-state index contributed by atoms with van der Waals surface area (Å²) in [6.07, 6.45) is 0. The summed E-state index contributed by atoms with van der Waals surface area (Å²) in [5.41, 5.74) is 1.66. The van der Waals surface area contributed by atoms with Crippen molar-refractivity contribution in [3.8, 4) is 0 Å². The third-order valence-corrected chi connectivity index (χ3v) is 3.50. The number of anilines is 1. The number of hydrogen-bond acceptors (Lipinski definition) is 4. The minimum absolute atomic E-state index is 0.151. The number of nitro groups is 1. The molecule has 126 valence electrons. The lowest BCUT2D eigenvalue weighted by molar-refractivity contribution is -0.384. The monoisotopic (exact) mass is 331 g/mol. The highest BCUT2D eigenvalue weighted by molar-refractivity contribution is 5.95. The molecule has 0 radical (unpaired) electrons. The van der Waals surface area contributed by atoms with Gasteiger partial charge in [-0.25, -0.2) is 4.39 Å². The van der Waals surface area contributed by atoms with E-state index in [0.29, 0.717) is 17.8 Å². The number of carbonyl (C=O) groups excluding carboxylic acids is 1. The van der Waals surface area contributed by atoms with Crippen LogP contribution in [0.2, 0.25) is 0 Å². The van der Waals surface area contributed by atoms with E-state index in [4.69, 9.17) is 0 Å². The summed E-state index contributed by atoms with van der Waals surface area (Å²) in [5.74, 6) is -0.733. The zero-order valence-electron chi connectivity index (χ0n) is 13.4. The Morgan fingerprint density at radius 2 is 2.00 bits per heavy atom. The Bertz CT molecular complexity index is 778. The van der Waals surface area contributed by atoms with E-state index in [1.165, 1.54) is 24.3 Å². The smallest absolute Gasteiger partial charge is 0.293 e. The first-order valence-electron chi connectivity index (χ1n) is 7.48. The predicted octanol–water partition coefficient (Wildman–Crippen LogP) is 3.40. The van der Waals surface area contributed by atoms with Crippen LogP contribution in [0.1, 0.15) is 28.4 Å². The second-order valence-corrected chi connectivity index (χ2v) is 5.29. The zero-order chi connectivity index (χ0) is 17.7. The van der Waals surface area contributed by atoms with Crippen molar-refractivity contribution in [1.82, 2.24) is 5.32 Å². The molecule has 6 nitrogen and oxygen atoms in total. The molecule has 0 atom stereocenters. The molecular weight excluding hydrogens is 313 g/mol. The van der Waals surface area contributed by atoms with Crippen molar-refractivity contribution in [3.05, 3.63) is 69.0 Å². The Labute approximate surface area is 138 Å². The van der Waals surface area contributed by atoms with E-state index >= 15 is 0 Å². The van der Waals surface area contributed by atoms with E-state index in [1.54, 1.807) is 19.1 Å². The molecule has 0 unspecified atom stereocenters. The molecule has 2 rings (SSSR count). The maximum absolute atomic E-state index is 13.2. The fourth-order valence-electron chi connectivity index (χ4n) is 2.27. The van der Waals surface area contributed by atoms with Crippen LogP contribution in [0.5, 0.6) is 0 Å². The number of carbonyl (C=O) groups is 1. The van der Waals surface area contributed by atoms with Crippen molar-refractivity contribution < 1.29 is 14.1 Å². The van der Waals surface area contributed by atoms with Gasteiger partial charge >= 0.3 is 0 Å². The largest absolute Gasteiger partial charge is 0.380 e. The van der Waals surface area contributed by atoms with Gasteiger partial charge in [0.05, 0.1) is 4.92 Å². The van der Waals surface area contributed by atoms with Gasteiger partial charge in [0.1, 0.15) is 11.5 Å². The summed E-state index contributed by atoms with van der Waals surface area (Å²) < 4.78 is 13.2. The second kappa shape index (κ2) is 7.54. The van der Waals surface area contributed by atoms with Crippen LogP contribution in [-0.2, 0) is 6.54 Å². The molecular formula is C17H18FN3O3. The van der Waals surface area contributed by atoms with Crippen molar-refractivity contribution in [2.75, 3.05) is 11.9 Å². The fraction of sp³-hybridized carbons (Fsp3) is 0.235. The van der Waals surface area contributed by atoms with Crippen LogP contribution >= 0.6 is 0 Å². The van der Waals surface area contributed by atoms with Gasteiger partial charge in [0.15, 0.2) is 0 Å². The molecule has 2 aromatic rings. The van der Waals surface area contributed by atoms with Gasteiger partial charge in [-0.05, 0) is 43.2 Å². The van der Waals surface area contributed by atoms with Gasteiger partial charge in [-0.1, -0.05) is 12.1 Å². The lowest BCUT2D eigenvalue weighted by atomic mass is 10.1. The van der Waals surface area contributed by atoms with Crippen LogP contribution in [0.3, 0.4) is 0 Å². The zero-order valence-corrected chi connectivity index (χ0v) is 13.4. The standard InChI is InChI=1S/C17H18FN3O3/c1-3-19-15-7-5-13(9-16(15)21(23)24)17(22)20-10-12-4-6-14(18)11(2)8-12/h4-9,19H,3,10H2,1-2H3,(H,20,22). The Morgan fingerprint density at radius 3 is 2.62 bits per heavy atom. The summed E-state index contributed by atoms with van der Waals surface area (Å²) in [6, 6.07) is 8.84. The summed E-state index contributed by atoms with van der Waals surface area (Å²) in [4.78, 5) is 22.8. The number of aryl methyl sites for hydroxylation is 1. The quantitative estimate of drug-likeness (QED) is 0.627. The van der Waals surface area contributed by atoms with Gasteiger partial charge in [-0.15, -0.1) is 0 Å². The van der Waals surface area contributed by atoms with Crippen molar-refractivity contribution in [3.63, 3.8) is 0 Å². The molecule has 0 heterocycles. The van der Waals surface area contributed by atoms with Crippen molar-refractivity contribution in [1.29, 1.82) is 0 Å². The maximum Gasteiger partial charge on any atom is 0.293 e. The van der Waals surface area contributed by atoms with E-state index < -0.39 is 10.8 Å². The lowest BCUT2D eigenvalue weighted by Crippen LogP contribution is -2.23. The first-order valence-corrected chi connectivity index (χ1v) is 7.48. The van der Waals surface area contributed by atoms with E-state index in [-0.39, 0.29) is 23.6 Å². The van der Waals surface area contributed by atoms with Crippen LogP contribution in [0.15, 0.2) is 36.4 Å². The molecule has 0 aliphatic heterocycles. The second-order valence-electron chi connectivity index (χ2n) is 5.29. The topological polar surface area (TPSA) is 84.3 Å². The van der Waals surface area contributed by atoms with Crippen molar-refractivity contribution in [2.45, 2.75) is 20.4 Å². The van der Waals surface area contributed by atoms with Crippen LogP contribution in [0.25, 0.3) is 0 Å². The summed E-state index contributed by atoms with van der Waals surface area (Å²) in [5, 5.41) is 16.7. The number of nitrogens with one attached hydrogen (secondary N) is 2. The molecule has 0 fully saturated rings. The molecule has 0 aliphatic carbocycles. The average molecular weight is 331 g/mol. The third-order valence-electron chi connectivity index (χ3n) is 3.50. The number of halogens is 1. The molecule has 0 spiro atoms. The van der Waals surface area contributed by atoms with Crippen molar-refractivity contribution in [2.24, 2.45) is 0 Å². The van der Waals surface area contributed by atoms with Crippen LogP contribution < -0.4 is 10.6 Å². The van der Waals surface area contributed by atoms with Crippen molar-refractivity contribution >= 4 is 17.3 Å². The van der Waals surface area contributed by atoms with Gasteiger partial charge in [0.25, 0.3) is 11.6 Å². The predicted molar refractivity (Wildman–Crippen MR) is 89.6 cm³/mol. The Balaban J connectivity index is 2.13. The molecule has 2 aromatic carbocycles. The van der Waals surface area contributed by atoms with E-state index in [9.17, 15) is 19.3 Å². The number of hydrogen-bond donors (Lipinski definition) is 2. The van der Waals surface area contributed by atoms with Gasteiger partial charge < -0.3 is 10.6 Å². The van der Waals surface area contributed by atoms with E-state index in [2.05, 4.69) is 10.6 Å². The molecule has 0 saturated carbocycles. The Morgan fingerprint density at radius 1 is 1.25 bits per heavy atom. The third kappa shape index (κ3) is 4.07. The minimum atomic E-state index is -0.530. The lowest BCUT2D eigenvalue weighted by Gasteiger charge is -2.09. The molecule has 1 amide bonds. The average Bonchev–Trinajstić information content (AvgIpc) is 2.56. The molecule has 24 heavy (non-hydrogen) atoms. The summed E-state index contributed by atoms with van der Waals surface area (Å²) >= 11 is 0. The molecule has 0 aliphatic rings. The minimum Gasteiger partial charge on any atom is -0.380 e. The maximum atomic E-state index is 13.2. The molecule has 0 bridgehead atoms. The number of nitro benzene ring substituents is 1. The molecule has 0 saturated heterocycles. The van der Waals surface area contributed by atoms with Crippen LogP contribution in [0, 0.1) is 22.9 Å². The first-order chi connectivity index (χ1) is 11.4. The number of benzene rings is 2. The first kappa shape index (κ1) is 17.4. The molecule has 7 heteroatoms. The normalized spacial score (nSPS) is 10.3. The van der Waals surface area contributed by atoms with E-state index in [1.807, 2.05) is 6.92 Å². The van der Waals surface area contributed by atoms with Crippen LogP contribution in [0.4, 0.5) is 15.8 Å². The van der Waals surface area contributed by atoms with Gasteiger partial charge in [0, 0.05) is 24.7 Å². The highest BCUT2D eigenvalue weighted by Gasteiger charge is 2.17.